The van der Waals surface area contributed by atoms with Gasteiger partial charge in [0.15, 0.2) is 0 Å². The standard InChI is InChI=1S/C11H5Cl4N/c12-7-3-1-2-6(11(7)15)10-8(13)4-16-5-9(10)14/h1-5H. The van der Waals surface area contributed by atoms with Crippen LogP contribution in [0.5, 0.6) is 0 Å². The van der Waals surface area contributed by atoms with Gasteiger partial charge in [-0.25, -0.2) is 0 Å². The molecule has 0 spiro atoms. The molecule has 0 amide bonds. The van der Waals surface area contributed by atoms with E-state index in [0.29, 0.717) is 31.2 Å². The third-order valence-corrected chi connectivity index (χ3v) is 3.47. The number of halogens is 4. The van der Waals surface area contributed by atoms with Crippen molar-refractivity contribution in [3.63, 3.8) is 0 Å². The SMILES string of the molecule is Clc1cccc(-c2c(Cl)cncc2Cl)c1Cl. The highest BCUT2D eigenvalue weighted by Gasteiger charge is 2.13. The van der Waals surface area contributed by atoms with Crippen LogP contribution in [-0.4, -0.2) is 4.98 Å². The maximum absolute atomic E-state index is 6.10. The van der Waals surface area contributed by atoms with Crippen LogP contribution in [0, 0.1) is 0 Å². The van der Waals surface area contributed by atoms with Crippen molar-refractivity contribution in [2.24, 2.45) is 0 Å². The van der Waals surface area contributed by atoms with Gasteiger partial charge in [0, 0.05) is 23.5 Å². The molecule has 2 aromatic rings. The predicted octanol–water partition coefficient (Wildman–Crippen LogP) is 5.36. The second-order valence-electron chi connectivity index (χ2n) is 3.08. The first-order valence-corrected chi connectivity index (χ1v) is 5.86. The van der Waals surface area contributed by atoms with Gasteiger partial charge in [0.05, 0.1) is 20.1 Å². The second kappa shape index (κ2) is 4.80. The Morgan fingerprint density at radius 3 is 2.06 bits per heavy atom. The summed E-state index contributed by atoms with van der Waals surface area (Å²) in [5.41, 5.74) is 1.34. The van der Waals surface area contributed by atoms with E-state index < -0.39 is 0 Å². The number of rotatable bonds is 1. The van der Waals surface area contributed by atoms with Crippen LogP contribution in [-0.2, 0) is 0 Å². The lowest BCUT2D eigenvalue weighted by molar-refractivity contribution is 1.33. The van der Waals surface area contributed by atoms with Crippen molar-refractivity contribution in [1.29, 1.82) is 0 Å². The minimum Gasteiger partial charge on any atom is -0.262 e. The summed E-state index contributed by atoms with van der Waals surface area (Å²) in [6.07, 6.45) is 3.03. The van der Waals surface area contributed by atoms with Gasteiger partial charge in [0.1, 0.15) is 0 Å². The van der Waals surface area contributed by atoms with Gasteiger partial charge in [-0.1, -0.05) is 58.5 Å². The van der Waals surface area contributed by atoms with E-state index in [1.165, 1.54) is 12.4 Å². The van der Waals surface area contributed by atoms with E-state index in [9.17, 15) is 0 Å². The number of nitrogens with zero attached hydrogens (tertiary/aromatic N) is 1. The first-order valence-electron chi connectivity index (χ1n) is 4.34. The molecule has 0 aliphatic rings. The molecule has 5 heteroatoms. The van der Waals surface area contributed by atoms with Crippen molar-refractivity contribution >= 4 is 46.4 Å². The Morgan fingerprint density at radius 2 is 1.44 bits per heavy atom. The molecule has 0 fully saturated rings. The molecule has 0 N–H and O–H groups in total. The Balaban J connectivity index is 2.73. The van der Waals surface area contributed by atoms with Crippen molar-refractivity contribution in [2.75, 3.05) is 0 Å². The summed E-state index contributed by atoms with van der Waals surface area (Å²) in [6.45, 7) is 0. The third kappa shape index (κ3) is 2.14. The van der Waals surface area contributed by atoms with Gasteiger partial charge >= 0.3 is 0 Å². The molecule has 0 radical (unpaired) electrons. The maximum Gasteiger partial charge on any atom is 0.0683 e. The van der Waals surface area contributed by atoms with E-state index >= 15 is 0 Å². The number of pyridine rings is 1. The lowest BCUT2D eigenvalue weighted by atomic mass is 10.1. The number of aromatic nitrogens is 1. The van der Waals surface area contributed by atoms with E-state index in [4.69, 9.17) is 46.4 Å². The van der Waals surface area contributed by atoms with Crippen molar-refractivity contribution in [3.05, 3.63) is 50.7 Å². The van der Waals surface area contributed by atoms with E-state index in [1.54, 1.807) is 18.2 Å². The molecule has 2 rings (SSSR count). The monoisotopic (exact) mass is 291 g/mol. The van der Waals surface area contributed by atoms with Crippen molar-refractivity contribution in [3.8, 4) is 11.1 Å². The average Bonchev–Trinajstić information content (AvgIpc) is 2.24. The van der Waals surface area contributed by atoms with Gasteiger partial charge in [0.25, 0.3) is 0 Å². The van der Waals surface area contributed by atoms with Crippen LogP contribution < -0.4 is 0 Å². The molecule has 1 aromatic heterocycles. The Labute approximate surface area is 113 Å². The van der Waals surface area contributed by atoms with Crippen molar-refractivity contribution < 1.29 is 0 Å². The largest absolute Gasteiger partial charge is 0.262 e. The molecular formula is C11H5Cl4N. The third-order valence-electron chi connectivity index (χ3n) is 2.07. The van der Waals surface area contributed by atoms with Crippen LogP contribution in [0.3, 0.4) is 0 Å². The molecule has 1 aromatic carbocycles. The fourth-order valence-electron chi connectivity index (χ4n) is 1.37. The molecule has 0 saturated heterocycles. The lowest BCUT2D eigenvalue weighted by Crippen LogP contribution is -1.85. The van der Waals surface area contributed by atoms with Gasteiger partial charge in [-0.3, -0.25) is 4.98 Å². The minimum absolute atomic E-state index is 0.430. The molecule has 1 heterocycles. The first-order chi connectivity index (χ1) is 7.61. The maximum atomic E-state index is 6.10. The van der Waals surface area contributed by atoms with Gasteiger partial charge in [-0.2, -0.15) is 0 Å². The van der Waals surface area contributed by atoms with Crippen LogP contribution in [0.25, 0.3) is 11.1 Å². The molecule has 0 bridgehead atoms. The summed E-state index contributed by atoms with van der Waals surface area (Å²) < 4.78 is 0. The Morgan fingerprint density at radius 1 is 0.812 bits per heavy atom. The van der Waals surface area contributed by atoms with Gasteiger partial charge < -0.3 is 0 Å². The van der Waals surface area contributed by atoms with E-state index in [1.807, 2.05) is 0 Å². The topological polar surface area (TPSA) is 12.9 Å². The summed E-state index contributed by atoms with van der Waals surface area (Å²) >= 11 is 24.1. The molecule has 0 atom stereocenters. The summed E-state index contributed by atoms with van der Waals surface area (Å²) in [4.78, 5) is 3.88. The van der Waals surface area contributed by atoms with Gasteiger partial charge in [0.2, 0.25) is 0 Å². The quantitative estimate of drug-likeness (QED) is 0.689. The second-order valence-corrected chi connectivity index (χ2v) is 4.68. The molecule has 1 nitrogen and oxygen atoms in total. The summed E-state index contributed by atoms with van der Waals surface area (Å²) in [5.74, 6) is 0. The molecule has 0 aliphatic heterocycles. The normalized spacial score (nSPS) is 10.5. The molecular weight excluding hydrogens is 288 g/mol. The van der Waals surface area contributed by atoms with E-state index in [2.05, 4.69) is 4.98 Å². The minimum atomic E-state index is 0.430. The molecule has 82 valence electrons. The number of hydrogen-bond donors (Lipinski definition) is 0. The smallest absolute Gasteiger partial charge is 0.0683 e. The summed E-state index contributed by atoms with van der Waals surface area (Å²) in [6, 6.07) is 5.30. The molecule has 0 unspecified atom stereocenters. The van der Waals surface area contributed by atoms with E-state index in [0.717, 1.165) is 0 Å². The van der Waals surface area contributed by atoms with Crippen LogP contribution >= 0.6 is 46.4 Å². The molecule has 0 aliphatic carbocycles. The van der Waals surface area contributed by atoms with Gasteiger partial charge in [-0.05, 0) is 6.07 Å². The zero-order valence-electron chi connectivity index (χ0n) is 7.85. The Bertz CT molecular complexity index is 519. The van der Waals surface area contributed by atoms with Crippen molar-refractivity contribution in [2.45, 2.75) is 0 Å². The fourth-order valence-corrected chi connectivity index (χ4v) is 2.33. The number of hydrogen-bond acceptors (Lipinski definition) is 1. The zero-order valence-corrected chi connectivity index (χ0v) is 10.9. The Kier molecular flexibility index (Phi) is 3.60. The molecule has 16 heavy (non-hydrogen) atoms. The predicted molar refractivity (Wildman–Crippen MR) is 69.7 cm³/mol. The van der Waals surface area contributed by atoms with E-state index in [-0.39, 0.29) is 0 Å². The fraction of sp³-hybridized carbons (Fsp3) is 0. The average molecular weight is 293 g/mol. The van der Waals surface area contributed by atoms with Crippen LogP contribution in [0.15, 0.2) is 30.6 Å². The summed E-state index contributed by atoms with van der Waals surface area (Å²) in [5, 5.41) is 1.77. The highest BCUT2D eigenvalue weighted by molar-refractivity contribution is 6.45. The number of benzene rings is 1. The summed E-state index contributed by atoms with van der Waals surface area (Å²) in [7, 11) is 0. The first kappa shape index (κ1) is 12.0. The van der Waals surface area contributed by atoms with Crippen LogP contribution in [0.2, 0.25) is 20.1 Å². The van der Waals surface area contributed by atoms with Crippen molar-refractivity contribution in [1.82, 2.24) is 4.98 Å². The highest BCUT2D eigenvalue weighted by atomic mass is 35.5. The highest BCUT2D eigenvalue weighted by Crippen LogP contribution is 2.40. The molecule has 0 saturated carbocycles. The zero-order chi connectivity index (χ0) is 11.7. The lowest BCUT2D eigenvalue weighted by Gasteiger charge is -2.09. The Hall–Kier alpha value is -0.470. The van der Waals surface area contributed by atoms with Crippen LogP contribution in [0.4, 0.5) is 0 Å². The van der Waals surface area contributed by atoms with Gasteiger partial charge in [-0.15, -0.1) is 0 Å². The van der Waals surface area contributed by atoms with Crippen LogP contribution in [0.1, 0.15) is 0 Å².